The molecule has 1 aromatic heterocycles. The molecule has 1 saturated heterocycles. The fourth-order valence-corrected chi connectivity index (χ4v) is 3.79. The van der Waals surface area contributed by atoms with E-state index in [1.54, 1.807) is 18.2 Å². The third-order valence-corrected chi connectivity index (χ3v) is 5.50. The van der Waals surface area contributed by atoms with Gasteiger partial charge in [0.15, 0.2) is 5.78 Å². The molecule has 6 heteroatoms. The largest absolute Gasteiger partial charge is 0.433 e. The smallest absolute Gasteiger partial charge is 0.316 e. The number of nitrogens with one attached hydrogen (secondary N) is 1. The predicted octanol–water partition coefficient (Wildman–Crippen LogP) is 5.00. The van der Waals surface area contributed by atoms with E-state index >= 15 is 0 Å². The van der Waals surface area contributed by atoms with Crippen molar-refractivity contribution < 1.29 is 18.0 Å². The van der Waals surface area contributed by atoms with Crippen molar-refractivity contribution in [2.75, 3.05) is 13.1 Å². The first-order valence-electron chi connectivity index (χ1n) is 9.05. The molecule has 1 aromatic carbocycles. The molecule has 0 amide bonds. The monoisotopic (exact) mass is 364 g/mol. The number of carbonyl (C=O) groups excluding carboxylic acids is 1. The van der Waals surface area contributed by atoms with E-state index in [9.17, 15) is 18.0 Å². The molecule has 3 rings (SSSR count). The van der Waals surface area contributed by atoms with E-state index in [-0.39, 0.29) is 28.7 Å². The molecule has 2 heterocycles. The van der Waals surface area contributed by atoms with E-state index in [1.807, 2.05) is 0 Å². The molecular formula is C20H23F3N2O. The van der Waals surface area contributed by atoms with Crippen molar-refractivity contribution in [1.82, 2.24) is 10.3 Å². The zero-order valence-electron chi connectivity index (χ0n) is 14.8. The number of para-hydroxylation sites is 1. The van der Waals surface area contributed by atoms with Gasteiger partial charge in [-0.05, 0) is 49.8 Å². The van der Waals surface area contributed by atoms with E-state index in [1.165, 1.54) is 6.07 Å². The third-order valence-electron chi connectivity index (χ3n) is 5.50. The van der Waals surface area contributed by atoms with Crippen LogP contribution in [0.4, 0.5) is 13.2 Å². The summed E-state index contributed by atoms with van der Waals surface area (Å²) in [6.45, 7) is 3.96. The number of rotatable bonds is 5. The lowest BCUT2D eigenvalue weighted by atomic mass is 9.74. The lowest BCUT2D eigenvalue weighted by Gasteiger charge is -2.37. The summed E-state index contributed by atoms with van der Waals surface area (Å²) in [4.78, 5) is 16.5. The van der Waals surface area contributed by atoms with Crippen LogP contribution in [-0.2, 0) is 6.18 Å². The van der Waals surface area contributed by atoms with Crippen molar-refractivity contribution in [1.29, 1.82) is 0 Å². The summed E-state index contributed by atoms with van der Waals surface area (Å²) in [7, 11) is 0. The zero-order valence-corrected chi connectivity index (χ0v) is 14.8. The Morgan fingerprint density at radius 2 is 2.08 bits per heavy atom. The molecule has 3 nitrogen and oxygen atoms in total. The molecule has 1 atom stereocenters. The molecule has 0 aliphatic carbocycles. The van der Waals surface area contributed by atoms with Gasteiger partial charge in [-0.3, -0.25) is 4.79 Å². The van der Waals surface area contributed by atoms with Crippen LogP contribution in [0, 0.1) is 5.41 Å². The van der Waals surface area contributed by atoms with Crippen LogP contribution in [0.25, 0.3) is 10.9 Å². The van der Waals surface area contributed by atoms with Gasteiger partial charge < -0.3 is 5.32 Å². The van der Waals surface area contributed by atoms with Gasteiger partial charge in [0.1, 0.15) is 5.69 Å². The highest BCUT2D eigenvalue weighted by Crippen LogP contribution is 2.36. The average Bonchev–Trinajstić information content (AvgIpc) is 2.65. The van der Waals surface area contributed by atoms with Gasteiger partial charge in [0, 0.05) is 23.9 Å². The molecule has 0 unspecified atom stereocenters. The highest BCUT2D eigenvalue weighted by molar-refractivity contribution is 6.07. The highest BCUT2D eigenvalue weighted by Gasteiger charge is 2.35. The Hall–Kier alpha value is -1.95. The highest BCUT2D eigenvalue weighted by atomic mass is 19.4. The maximum Gasteiger partial charge on any atom is 0.433 e. The van der Waals surface area contributed by atoms with Gasteiger partial charge in [0.05, 0.1) is 5.52 Å². The number of fused-ring (bicyclic) bond motifs is 1. The number of ketones is 1. The third kappa shape index (κ3) is 3.90. The molecule has 140 valence electrons. The Balaban J connectivity index is 1.89. The second kappa shape index (κ2) is 7.35. The number of nitrogens with zero attached hydrogens (tertiary/aromatic N) is 1. The number of piperidine rings is 1. The molecule has 0 bridgehead atoms. The van der Waals surface area contributed by atoms with Gasteiger partial charge >= 0.3 is 6.18 Å². The number of hydrogen-bond acceptors (Lipinski definition) is 3. The zero-order chi connectivity index (χ0) is 18.8. The molecule has 0 saturated carbocycles. The van der Waals surface area contributed by atoms with Crippen LogP contribution in [0.3, 0.4) is 0 Å². The maximum atomic E-state index is 13.2. The van der Waals surface area contributed by atoms with E-state index < -0.39 is 11.9 Å². The summed E-state index contributed by atoms with van der Waals surface area (Å²) < 4.78 is 39.5. The molecule has 2 aromatic rings. The first-order valence-corrected chi connectivity index (χ1v) is 9.05. The number of pyridine rings is 1. The van der Waals surface area contributed by atoms with E-state index in [0.717, 1.165) is 38.4 Å². The summed E-state index contributed by atoms with van der Waals surface area (Å²) in [6.07, 6.45) is -0.559. The average molecular weight is 364 g/mol. The summed E-state index contributed by atoms with van der Waals surface area (Å²) in [5, 5.41) is 3.86. The first-order chi connectivity index (χ1) is 12.3. The number of aromatic nitrogens is 1. The van der Waals surface area contributed by atoms with E-state index in [2.05, 4.69) is 17.2 Å². The van der Waals surface area contributed by atoms with Crippen molar-refractivity contribution >= 4 is 16.7 Å². The van der Waals surface area contributed by atoms with Crippen molar-refractivity contribution in [3.05, 3.63) is 41.6 Å². The van der Waals surface area contributed by atoms with Crippen LogP contribution >= 0.6 is 0 Å². The van der Waals surface area contributed by atoms with Gasteiger partial charge in [-0.2, -0.15) is 13.2 Å². The van der Waals surface area contributed by atoms with Crippen molar-refractivity contribution in [3.63, 3.8) is 0 Å². The lowest BCUT2D eigenvalue weighted by Crippen LogP contribution is -2.39. The fraction of sp³-hybridized carbons (Fsp3) is 0.500. The minimum Gasteiger partial charge on any atom is -0.316 e. The molecular weight excluding hydrogens is 341 g/mol. The van der Waals surface area contributed by atoms with Gasteiger partial charge in [-0.1, -0.05) is 25.1 Å². The second-order valence-electron chi connectivity index (χ2n) is 7.13. The standard InChI is InChI=1S/C20H23F3N2O/c1-2-19(9-5-11-24-13-19)10-8-17(26)15-12-18(20(21,22)23)25-16-7-4-3-6-14(15)16/h3-4,6-7,12,24H,2,5,8-11,13H2,1H3/t19-/m0/s1. The van der Waals surface area contributed by atoms with Gasteiger partial charge in [0.25, 0.3) is 0 Å². The van der Waals surface area contributed by atoms with Gasteiger partial charge in [-0.25, -0.2) is 4.98 Å². The molecule has 1 N–H and O–H groups in total. The summed E-state index contributed by atoms with van der Waals surface area (Å²) in [6, 6.07) is 7.42. The molecule has 26 heavy (non-hydrogen) atoms. The molecule has 1 aliphatic heterocycles. The van der Waals surface area contributed by atoms with Crippen LogP contribution in [-0.4, -0.2) is 23.9 Å². The minimum absolute atomic E-state index is 0.0591. The van der Waals surface area contributed by atoms with E-state index in [0.29, 0.717) is 11.8 Å². The minimum atomic E-state index is -4.57. The Kier molecular flexibility index (Phi) is 5.32. The van der Waals surface area contributed by atoms with Crippen LogP contribution < -0.4 is 5.32 Å². The number of benzene rings is 1. The molecule has 0 spiro atoms. The van der Waals surface area contributed by atoms with Gasteiger partial charge in [0.2, 0.25) is 0 Å². The van der Waals surface area contributed by atoms with Crippen molar-refractivity contribution in [2.45, 2.75) is 45.2 Å². The number of Topliss-reactive ketones (excluding diaryl/α,β-unsaturated/α-hetero) is 1. The van der Waals surface area contributed by atoms with Crippen LogP contribution in [0.5, 0.6) is 0 Å². The summed E-state index contributed by atoms with van der Waals surface area (Å²) in [5.74, 6) is -0.243. The normalized spacial score (nSPS) is 21.1. The second-order valence-corrected chi connectivity index (χ2v) is 7.13. The predicted molar refractivity (Wildman–Crippen MR) is 95.1 cm³/mol. The van der Waals surface area contributed by atoms with Crippen molar-refractivity contribution in [2.24, 2.45) is 5.41 Å². The quantitative estimate of drug-likeness (QED) is 0.760. The maximum absolute atomic E-state index is 13.2. The Labute approximate surface area is 151 Å². The Bertz CT molecular complexity index is 795. The fourth-order valence-electron chi connectivity index (χ4n) is 3.79. The number of hydrogen-bond donors (Lipinski definition) is 1. The number of halogens is 3. The SMILES string of the molecule is CC[C@@]1(CCC(=O)c2cc(C(F)(F)F)nc3ccccc23)CCCNC1. The molecule has 1 aliphatic rings. The van der Waals surface area contributed by atoms with E-state index in [4.69, 9.17) is 0 Å². The lowest BCUT2D eigenvalue weighted by molar-refractivity contribution is -0.140. The Morgan fingerprint density at radius 1 is 1.31 bits per heavy atom. The summed E-state index contributed by atoms with van der Waals surface area (Å²) in [5.41, 5.74) is -0.624. The van der Waals surface area contributed by atoms with Crippen LogP contribution in [0.2, 0.25) is 0 Å². The Morgan fingerprint density at radius 3 is 2.73 bits per heavy atom. The number of carbonyl (C=O) groups is 1. The topological polar surface area (TPSA) is 42.0 Å². The van der Waals surface area contributed by atoms with Crippen LogP contribution in [0.15, 0.2) is 30.3 Å². The van der Waals surface area contributed by atoms with Gasteiger partial charge in [-0.15, -0.1) is 0 Å². The van der Waals surface area contributed by atoms with Crippen molar-refractivity contribution in [3.8, 4) is 0 Å². The number of alkyl halides is 3. The molecule has 1 fully saturated rings. The first kappa shape index (κ1) is 18.8. The summed E-state index contributed by atoms with van der Waals surface area (Å²) >= 11 is 0. The van der Waals surface area contributed by atoms with Crippen LogP contribution in [0.1, 0.15) is 55.1 Å². The molecule has 0 radical (unpaired) electrons.